The van der Waals surface area contributed by atoms with Crippen LogP contribution >= 0.6 is 0 Å². The zero-order valence-corrected chi connectivity index (χ0v) is 13.3. The summed E-state index contributed by atoms with van der Waals surface area (Å²) in [4.78, 5) is 19.6. The molecule has 1 saturated carbocycles. The third-order valence-electron chi connectivity index (χ3n) is 4.52. The summed E-state index contributed by atoms with van der Waals surface area (Å²) in [6.45, 7) is 8.95. The van der Waals surface area contributed by atoms with Gasteiger partial charge in [0, 0.05) is 32.1 Å². The van der Waals surface area contributed by atoms with E-state index in [2.05, 4.69) is 33.6 Å². The smallest absolute Gasteiger partial charge is 0.243 e. The summed E-state index contributed by atoms with van der Waals surface area (Å²) in [6, 6.07) is 0.165. The Balaban J connectivity index is 1.94. The van der Waals surface area contributed by atoms with E-state index < -0.39 is 0 Å². The Morgan fingerprint density at radius 2 is 2.24 bits per heavy atom. The van der Waals surface area contributed by atoms with Gasteiger partial charge in [0.25, 0.3) is 0 Å². The van der Waals surface area contributed by atoms with Crippen LogP contribution in [0.4, 0.5) is 0 Å². The van der Waals surface area contributed by atoms with Crippen LogP contribution < -0.4 is 5.32 Å². The molecule has 2 aliphatic rings. The van der Waals surface area contributed by atoms with E-state index in [0.29, 0.717) is 12.6 Å². The highest BCUT2D eigenvalue weighted by atomic mass is 16.2. The van der Waals surface area contributed by atoms with Crippen molar-refractivity contribution in [3.8, 4) is 0 Å². The molecule has 21 heavy (non-hydrogen) atoms. The van der Waals surface area contributed by atoms with E-state index >= 15 is 0 Å². The predicted molar refractivity (Wildman–Crippen MR) is 82.0 cm³/mol. The van der Waals surface area contributed by atoms with Gasteiger partial charge in [-0.2, -0.15) is 0 Å². The average Bonchev–Trinajstić information content (AvgIpc) is 3.15. The van der Waals surface area contributed by atoms with Gasteiger partial charge in [-0.05, 0) is 39.5 Å². The van der Waals surface area contributed by atoms with E-state index in [-0.39, 0.29) is 11.9 Å². The molecule has 5 nitrogen and oxygen atoms in total. The number of aromatic nitrogens is 2. The lowest BCUT2D eigenvalue weighted by atomic mass is 10.0. The van der Waals surface area contributed by atoms with Crippen molar-refractivity contribution in [3.63, 3.8) is 0 Å². The Labute approximate surface area is 126 Å². The van der Waals surface area contributed by atoms with Gasteiger partial charge in [0.1, 0.15) is 6.04 Å². The standard InChI is InChI=1S/C16H26N4O/c1-4-17-16(21)15-14-13(18-10-20(14)11(2)3)7-8-19(15)9-12-5-6-12/h10-12,15H,4-9H2,1-3H3,(H,17,21)/t15-/m0/s1. The van der Waals surface area contributed by atoms with Gasteiger partial charge in [-0.3, -0.25) is 9.69 Å². The number of likely N-dealkylation sites (N-methyl/N-ethyl adjacent to an activating group) is 1. The quantitative estimate of drug-likeness (QED) is 0.901. The van der Waals surface area contributed by atoms with E-state index in [9.17, 15) is 4.79 Å². The number of rotatable bonds is 5. The first-order chi connectivity index (χ1) is 10.1. The second kappa shape index (κ2) is 5.79. The van der Waals surface area contributed by atoms with Crippen LogP contribution in [0.3, 0.4) is 0 Å². The fourth-order valence-corrected chi connectivity index (χ4v) is 3.25. The minimum atomic E-state index is -0.167. The fourth-order valence-electron chi connectivity index (χ4n) is 3.25. The summed E-state index contributed by atoms with van der Waals surface area (Å²) in [6.07, 6.45) is 5.49. The summed E-state index contributed by atoms with van der Waals surface area (Å²) in [5, 5.41) is 3.01. The maximum Gasteiger partial charge on any atom is 0.243 e. The molecule has 1 N–H and O–H groups in total. The third kappa shape index (κ3) is 2.84. The van der Waals surface area contributed by atoms with Crippen molar-refractivity contribution < 1.29 is 4.79 Å². The van der Waals surface area contributed by atoms with Gasteiger partial charge in [0.2, 0.25) is 5.91 Å². The molecular formula is C16H26N4O. The Morgan fingerprint density at radius 1 is 1.48 bits per heavy atom. The first-order valence-electron chi connectivity index (χ1n) is 8.19. The number of hydrogen-bond acceptors (Lipinski definition) is 3. The number of imidazole rings is 1. The number of hydrogen-bond donors (Lipinski definition) is 1. The highest BCUT2D eigenvalue weighted by molar-refractivity contribution is 5.83. The molecule has 2 heterocycles. The van der Waals surface area contributed by atoms with Crippen LogP contribution in [0.2, 0.25) is 0 Å². The van der Waals surface area contributed by atoms with Gasteiger partial charge < -0.3 is 9.88 Å². The van der Waals surface area contributed by atoms with Crippen LogP contribution in [0.25, 0.3) is 0 Å². The second-order valence-corrected chi connectivity index (χ2v) is 6.56. The monoisotopic (exact) mass is 290 g/mol. The topological polar surface area (TPSA) is 50.2 Å². The molecule has 116 valence electrons. The van der Waals surface area contributed by atoms with Gasteiger partial charge in [-0.1, -0.05) is 0 Å². The van der Waals surface area contributed by atoms with Crippen LogP contribution in [0.15, 0.2) is 6.33 Å². The number of nitrogens with one attached hydrogen (secondary N) is 1. The molecule has 0 saturated heterocycles. The number of nitrogens with zero attached hydrogens (tertiary/aromatic N) is 3. The molecule has 1 aromatic rings. The molecule has 1 atom stereocenters. The Morgan fingerprint density at radius 3 is 2.86 bits per heavy atom. The summed E-state index contributed by atoms with van der Waals surface area (Å²) in [5.74, 6) is 0.917. The van der Waals surface area contributed by atoms with Gasteiger partial charge in [-0.15, -0.1) is 0 Å². The van der Waals surface area contributed by atoms with Crippen LogP contribution in [0.1, 0.15) is 57.1 Å². The van der Waals surface area contributed by atoms with Gasteiger partial charge in [-0.25, -0.2) is 4.98 Å². The third-order valence-corrected chi connectivity index (χ3v) is 4.52. The zero-order valence-electron chi connectivity index (χ0n) is 13.3. The van der Waals surface area contributed by atoms with E-state index in [4.69, 9.17) is 0 Å². The molecule has 1 aliphatic carbocycles. The van der Waals surface area contributed by atoms with E-state index in [1.807, 2.05) is 13.3 Å². The van der Waals surface area contributed by atoms with Crippen LogP contribution in [-0.4, -0.2) is 40.0 Å². The molecule has 0 spiro atoms. The first kappa shape index (κ1) is 14.6. The Hall–Kier alpha value is -1.36. The van der Waals surface area contributed by atoms with Crippen LogP contribution in [-0.2, 0) is 11.2 Å². The molecule has 0 unspecified atom stereocenters. The average molecular weight is 290 g/mol. The molecular weight excluding hydrogens is 264 g/mol. The van der Waals surface area contributed by atoms with Gasteiger partial charge in [0.05, 0.1) is 17.7 Å². The number of fused-ring (bicyclic) bond motifs is 1. The molecule has 1 fully saturated rings. The maximum atomic E-state index is 12.7. The normalized spacial score (nSPS) is 22.4. The van der Waals surface area contributed by atoms with Crippen molar-refractivity contribution in [1.29, 1.82) is 0 Å². The molecule has 0 bridgehead atoms. The molecule has 1 amide bonds. The molecule has 0 radical (unpaired) electrons. The molecule has 5 heteroatoms. The fraction of sp³-hybridized carbons (Fsp3) is 0.750. The van der Waals surface area contributed by atoms with Crippen molar-refractivity contribution in [1.82, 2.24) is 19.8 Å². The van der Waals surface area contributed by atoms with E-state index in [0.717, 1.165) is 36.8 Å². The SMILES string of the molecule is CCNC(=O)[C@@H]1c2c(ncn2C(C)C)CCN1CC1CC1. The lowest BCUT2D eigenvalue weighted by Crippen LogP contribution is -2.46. The van der Waals surface area contributed by atoms with Gasteiger partial charge >= 0.3 is 0 Å². The van der Waals surface area contributed by atoms with Crippen LogP contribution in [0.5, 0.6) is 0 Å². The van der Waals surface area contributed by atoms with Crippen molar-refractivity contribution >= 4 is 5.91 Å². The van der Waals surface area contributed by atoms with Gasteiger partial charge in [0.15, 0.2) is 0 Å². The lowest BCUT2D eigenvalue weighted by molar-refractivity contribution is -0.127. The van der Waals surface area contributed by atoms with Crippen LogP contribution in [0, 0.1) is 5.92 Å². The molecule has 3 rings (SSSR count). The maximum absolute atomic E-state index is 12.7. The highest BCUT2D eigenvalue weighted by Crippen LogP contribution is 2.36. The van der Waals surface area contributed by atoms with E-state index in [1.165, 1.54) is 12.8 Å². The van der Waals surface area contributed by atoms with E-state index in [1.54, 1.807) is 0 Å². The minimum absolute atomic E-state index is 0.126. The number of amides is 1. The lowest BCUT2D eigenvalue weighted by Gasteiger charge is -2.35. The predicted octanol–water partition coefficient (Wildman–Crippen LogP) is 1.91. The van der Waals surface area contributed by atoms with Crippen molar-refractivity contribution in [2.45, 2.75) is 52.1 Å². The molecule has 1 aliphatic heterocycles. The summed E-state index contributed by atoms with van der Waals surface area (Å²) < 4.78 is 2.17. The van der Waals surface area contributed by atoms with Crippen molar-refractivity contribution in [2.24, 2.45) is 5.92 Å². The number of carbonyl (C=O) groups excluding carboxylic acids is 1. The molecule has 0 aromatic carbocycles. The Kier molecular flexibility index (Phi) is 4.02. The Bertz CT molecular complexity index is 518. The minimum Gasteiger partial charge on any atom is -0.355 e. The number of carbonyl (C=O) groups is 1. The second-order valence-electron chi connectivity index (χ2n) is 6.56. The zero-order chi connectivity index (χ0) is 15.0. The first-order valence-corrected chi connectivity index (χ1v) is 8.19. The van der Waals surface area contributed by atoms with Crippen molar-refractivity contribution in [2.75, 3.05) is 19.6 Å². The molecule has 1 aromatic heterocycles. The highest BCUT2D eigenvalue weighted by Gasteiger charge is 2.39. The summed E-state index contributed by atoms with van der Waals surface area (Å²) >= 11 is 0. The largest absolute Gasteiger partial charge is 0.355 e. The van der Waals surface area contributed by atoms with Crippen molar-refractivity contribution in [3.05, 3.63) is 17.7 Å². The summed E-state index contributed by atoms with van der Waals surface area (Å²) in [7, 11) is 0. The summed E-state index contributed by atoms with van der Waals surface area (Å²) in [5.41, 5.74) is 2.22.